The zero-order chi connectivity index (χ0) is 15.0. The molecular formula is C13H14ClN3O3S. The van der Waals surface area contributed by atoms with Gasteiger partial charge in [0.05, 0.1) is 28.1 Å². The Hall–Kier alpha value is -1.57. The molecule has 1 aromatic heterocycles. The van der Waals surface area contributed by atoms with Crippen molar-refractivity contribution in [2.24, 2.45) is 5.14 Å². The molecule has 1 saturated carbocycles. The summed E-state index contributed by atoms with van der Waals surface area (Å²) in [6, 6.07) is 4.67. The molecule has 0 saturated heterocycles. The van der Waals surface area contributed by atoms with Gasteiger partial charge in [-0.1, -0.05) is 11.6 Å². The SMILES string of the molecule is NS(=O)(=O)c1ccc(OCc2cncn2C2CC2)c(Cl)c1. The van der Waals surface area contributed by atoms with Gasteiger partial charge in [-0.25, -0.2) is 18.5 Å². The van der Waals surface area contributed by atoms with Gasteiger partial charge in [0.1, 0.15) is 12.4 Å². The van der Waals surface area contributed by atoms with Crippen LogP contribution in [0.3, 0.4) is 0 Å². The van der Waals surface area contributed by atoms with Gasteiger partial charge >= 0.3 is 0 Å². The number of nitrogens with zero attached hydrogens (tertiary/aromatic N) is 2. The first-order valence-electron chi connectivity index (χ1n) is 6.41. The van der Waals surface area contributed by atoms with Crippen molar-refractivity contribution in [3.8, 4) is 5.75 Å². The molecule has 6 nitrogen and oxygen atoms in total. The molecule has 1 aromatic carbocycles. The van der Waals surface area contributed by atoms with Crippen molar-refractivity contribution in [2.75, 3.05) is 0 Å². The Labute approximate surface area is 127 Å². The number of hydrogen-bond donors (Lipinski definition) is 1. The fourth-order valence-electron chi connectivity index (χ4n) is 2.05. The van der Waals surface area contributed by atoms with Crippen LogP contribution in [0, 0.1) is 0 Å². The molecule has 8 heteroatoms. The van der Waals surface area contributed by atoms with Gasteiger partial charge in [-0.3, -0.25) is 0 Å². The van der Waals surface area contributed by atoms with E-state index in [9.17, 15) is 8.42 Å². The Balaban J connectivity index is 1.74. The minimum absolute atomic E-state index is 0.0390. The molecule has 112 valence electrons. The van der Waals surface area contributed by atoms with Crippen LogP contribution in [0.4, 0.5) is 0 Å². The van der Waals surface area contributed by atoms with Gasteiger partial charge in [-0.05, 0) is 31.0 Å². The van der Waals surface area contributed by atoms with Crippen molar-refractivity contribution < 1.29 is 13.2 Å². The van der Waals surface area contributed by atoms with Gasteiger partial charge in [-0.15, -0.1) is 0 Å². The van der Waals surface area contributed by atoms with Gasteiger partial charge in [0.25, 0.3) is 0 Å². The first-order chi connectivity index (χ1) is 9.95. The quantitative estimate of drug-likeness (QED) is 0.911. The Bertz CT molecular complexity index is 769. The van der Waals surface area contributed by atoms with Gasteiger partial charge < -0.3 is 9.30 Å². The van der Waals surface area contributed by atoms with E-state index in [0.29, 0.717) is 18.4 Å². The second-order valence-corrected chi connectivity index (χ2v) is 6.92. The highest BCUT2D eigenvalue weighted by Crippen LogP contribution is 2.36. The number of imidazole rings is 1. The molecule has 1 fully saturated rings. The molecule has 0 radical (unpaired) electrons. The van der Waals surface area contributed by atoms with Crippen LogP contribution >= 0.6 is 11.6 Å². The summed E-state index contributed by atoms with van der Waals surface area (Å²) in [5.41, 5.74) is 0.962. The summed E-state index contributed by atoms with van der Waals surface area (Å²) in [5, 5.41) is 5.26. The Morgan fingerprint density at radius 3 is 2.81 bits per heavy atom. The lowest BCUT2D eigenvalue weighted by Crippen LogP contribution is -2.12. The molecule has 2 N–H and O–H groups in total. The van der Waals surface area contributed by atoms with E-state index in [1.54, 1.807) is 12.5 Å². The predicted molar refractivity (Wildman–Crippen MR) is 77.7 cm³/mol. The summed E-state index contributed by atoms with van der Waals surface area (Å²) < 4.78 is 30.2. The number of benzene rings is 1. The standard InChI is InChI=1S/C13H14ClN3O3S/c14-12-5-11(21(15,18)19)3-4-13(12)20-7-10-6-16-8-17(10)9-1-2-9/h3-6,8-9H,1-2,7H2,(H2,15,18,19). The molecule has 21 heavy (non-hydrogen) atoms. The summed E-state index contributed by atoms with van der Waals surface area (Å²) >= 11 is 6.02. The van der Waals surface area contributed by atoms with E-state index in [-0.39, 0.29) is 9.92 Å². The maximum atomic E-state index is 11.2. The van der Waals surface area contributed by atoms with Crippen LogP contribution in [-0.4, -0.2) is 18.0 Å². The maximum absolute atomic E-state index is 11.2. The molecule has 0 spiro atoms. The van der Waals surface area contributed by atoms with Crippen LogP contribution in [-0.2, 0) is 16.6 Å². The van der Waals surface area contributed by atoms with Gasteiger partial charge in [0.2, 0.25) is 10.0 Å². The Morgan fingerprint density at radius 1 is 1.43 bits per heavy atom. The average Bonchev–Trinajstić information content (AvgIpc) is 3.15. The number of primary sulfonamides is 1. The van der Waals surface area contributed by atoms with Gasteiger partial charge in [0, 0.05) is 6.04 Å². The summed E-state index contributed by atoms with van der Waals surface area (Å²) in [6.07, 6.45) is 5.87. The highest BCUT2D eigenvalue weighted by atomic mass is 35.5. The average molecular weight is 328 g/mol. The molecule has 0 unspecified atom stereocenters. The molecule has 0 atom stereocenters. The Kier molecular flexibility index (Phi) is 3.64. The van der Waals surface area contributed by atoms with Crippen molar-refractivity contribution in [3.63, 3.8) is 0 Å². The van der Waals surface area contributed by atoms with Crippen molar-refractivity contribution in [1.82, 2.24) is 9.55 Å². The monoisotopic (exact) mass is 327 g/mol. The number of sulfonamides is 1. The normalized spacial score (nSPS) is 15.1. The summed E-state index contributed by atoms with van der Waals surface area (Å²) in [6.45, 7) is 0.324. The lowest BCUT2D eigenvalue weighted by molar-refractivity contribution is 0.295. The fraction of sp³-hybridized carbons (Fsp3) is 0.308. The van der Waals surface area contributed by atoms with E-state index in [1.165, 1.54) is 18.2 Å². The van der Waals surface area contributed by atoms with Crippen molar-refractivity contribution in [2.45, 2.75) is 30.4 Å². The Morgan fingerprint density at radius 2 is 2.19 bits per heavy atom. The molecule has 1 heterocycles. The zero-order valence-electron chi connectivity index (χ0n) is 11.1. The van der Waals surface area contributed by atoms with Crippen LogP contribution in [0.1, 0.15) is 24.6 Å². The van der Waals surface area contributed by atoms with E-state index in [2.05, 4.69) is 9.55 Å². The number of hydrogen-bond acceptors (Lipinski definition) is 4. The number of ether oxygens (including phenoxy) is 1. The number of rotatable bonds is 5. The van der Waals surface area contributed by atoms with Crippen LogP contribution < -0.4 is 9.88 Å². The van der Waals surface area contributed by atoms with Crippen molar-refractivity contribution >= 4 is 21.6 Å². The van der Waals surface area contributed by atoms with Crippen LogP contribution in [0.5, 0.6) is 5.75 Å². The molecule has 2 aromatic rings. The van der Waals surface area contributed by atoms with E-state index in [4.69, 9.17) is 21.5 Å². The molecule has 0 aliphatic heterocycles. The second-order valence-electron chi connectivity index (χ2n) is 4.95. The summed E-state index contributed by atoms with van der Waals surface area (Å²) in [4.78, 5) is 4.08. The fourth-order valence-corrected chi connectivity index (χ4v) is 2.89. The third-order valence-corrected chi connectivity index (χ3v) is 4.50. The highest BCUT2D eigenvalue weighted by Gasteiger charge is 2.25. The third kappa shape index (κ3) is 3.20. The van der Waals surface area contributed by atoms with E-state index in [0.717, 1.165) is 18.5 Å². The number of halogens is 1. The molecule has 1 aliphatic rings. The van der Waals surface area contributed by atoms with Crippen LogP contribution in [0.15, 0.2) is 35.6 Å². The first kappa shape index (κ1) is 14.4. The predicted octanol–water partition coefficient (Wildman–Crippen LogP) is 2.10. The highest BCUT2D eigenvalue weighted by molar-refractivity contribution is 7.89. The van der Waals surface area contributed by atoms with E-state index >= 15 is 0 Å². The maximum Gasteiger partial charge on any atom is 0.238 e. The third-order valence-electron chi connectivity index (χ3n) is 3.29. The number of nitrogens with two attached hydrogens (primary N) is 1. The molecule has 3 rings (SSSR count). The summed E-state index contributed by atoms with van der Waals surface area (Å²) in [5.74, 6) is 0.410. The smallest absolute Gasteiger partial charge is 0.238 e. The van der Waals surface area contributed by atoms with Gasteiger partial charge in [0.15, 0.2) is 0 Å². The van der Waals surface area contributed by atoms with Crippen molar-refractivity contribution in [3.05, 3.63) is 41.4 Å². The first-order valence-corrected chi connectivity index (χ1v) is 8.33. The van der Waals surface area contributed by atoms with E-state index in [1.807, 2.05) is 0 Å². The molecule has 0 amide bonds. The van der Waals surface area contributed by atoms with Crippen LogP contribution in [0.25, 0.3) is 0 Å². The lowest BCUT2D eigenvalue weighted by atomic mass is 10.3. The van der Waals surface area contributed by atoms with E-state index < -0.39 is 10.0 Å². The lowest BCUT2D eigenvalue weighted by Gasteiger charge is -2.10. The zero-order valence-corrected chi connectivity index (χ0v) is 12.6. The molecule has 1 aliphatic carbocycles. The molecular weight excluding hydrogens is 314 g/mol. The van der Waals surface area contributed by atoms with Gasteiger partial charge in [-0.2, -0.15) is 0 Å². The minimum atomic E-state index is -3.76. The largest absolute Gasteiger partial charge is 0.486 e. The van der Waals surface area contributed by atoms with Crippen molar-refractivity contribution in [1.29, 1.82) is 0 Å². The second kappa shape index (κ2) is 5.32. The number of aromatic nitrogens is 2. The summed E-state index contributed by atoms with van der Waals surface area (Å²) in [7, 11) is -3.76. The minimum Gasteiger partial charge on any atom is -0.486 e. The van der Waals surface area contributed by atoms with Crippen LogP contribution in [0.2, 0.25) is 5.02 Å². The topological polar surface area (TPSA) is 87.2 Å². The molecule has 0 bridgehead atoms.